The van der Waals surface area contributed by atoms with Crippen molar-refractivity contribution < 1.29 is 17.9 Å². The molecule has 1 aliphatic rings. The summed E-state index contributed by atoms with van der Waals surface area (Å²) in [6.07, 6.45) is 2.19. The Morgan fingerprint density at radius 2 is 1.78 bits per heavy atom. The predicted octanol–water partition coefficient (Wildman–Crippen LogP) is 0.742. The minimum Gasteiger partial charge on any atom is -0.460 e. The zero-order valence-corrected chi connectivity index (χ0v) is 12.4. The molecule has 0 bridgehead atoms. The van der Waals surface area contributed by atoms with Crippen LogP contribution in [-0.4, -0.2) is 45.1 Å². The van der Waals surface area contributed by atoms with Gasteiger partial charge in [0.25, 0.3) is 0 Å². The van der Waals surface area contributed by atoms with Gasteiger partial charge in [0.15, 0.2) is 0 Å². The first kappa shape index (κ1) is 15.4. The highest BCUT2D eigenvalue weighted by atomic mass is 32.2. The van der Waals surface area contributed by atoms with Crippen LogP contribution in [-0.2, 0) is 19.4 Å². The monoisotopic (exact) mass is 277 g/mol. The Kier molecular flexibility index (Phi) is 4.43. The van der Waals surface area contributed by atoms with Crippen molar-refractivity contribution in [1.82, 2.24) is 5.32 Å². The van der Waals surface area contributed by atoms with E-state index in [-0.39, 0.29) is 11.7 Å². The Morgan fingerprint density at radius 3 is 2.17 bits per heavy atom. The van der Waals surface area contributed by atoms with E-state index in [0.717, 1.165) is 0 Å². The minimum atomic E-state index is -3.21. The van der Waals surface area contributed by atoms with Gasteiger partial charge in [-0.3, -0.25) is 4.79 Å². The van der Waals surface area contributed by atoms with Gasteiger partial charge in [0.2, 0.25) is 0 Å². The first-order valence-electron chi connectivity index (χ1n) is 6.16. The van der Waals surface area contributed by atoms with Crippen molar-refractivity contribution >= 4 is 15.8 Å². The molecule has 0 aromatic carbocycles. The standard InChI is InChI=1S/C12H23NO4S/c1-11(2,3)17-10(14)12(9-18(4,15)16)5-7-13-8-6-12/h13H,5-9H2,1-4H3. The number of ether oxygens (including phenoxy) is 1. The molecule has 5 nitrogen and oxygen atoms in total. The summed E-state index contributed by atoms with van der Waals surface area (Å²) in [5.74, 6) is -0.515. The van der Waals surface area contributed by atoms with Crippen LogP contribution in [0, 0.1) is 5.41 Å². The van der Waals surface area contributed by atoms with Gasteiger partial charge < -0.3 is 10.1 Å². The molecule has 1 saturated heterocycles. The number of hydrogen-bond acceptors (Lipinski definition) is 5. The number of esters is 1. The van der Waals surface area contributed by atoms with Gasteiger partial charge in [-0.25, -0.2) is 8.42 Å². The highest BCUT2D eigenvalue weighted by Crippen LogP contribution is 2.33. The summed E-state index contributed by atoms with van der Waals surface area (Å²) >= 11 is 0. The summed E-state index contributed by atoms with van der Waals surface area (Å²) in [6.45, 7) is 6.67. The lowest BCUT2D eigenvalue weighted by Crippen LogP contribution is -2.48. The number of hydrogen-bond donors (Lipinski definition) is 1. The molecule has 18 heavy (non-hydrogen) atoms. The second-order valence-corrected chi connectivity index (χ2v) is 8.24. The first-order chi connectivity index (χ1) is 8.04. The average Bonchev–Trinajstić information content (AvgIpc) is 2.13. The summed E-state index contributed by atoms with van der Waals surface area (Å²) in [7, 11) is -3.21. The van der Waals surface area contributed by atoms with Crippen LogP contribution in [0.2, 0.25) is 0 Å². The normalized spacial score (nSPS) is 20.4. The third kappa shape index (κ3) is 4.57. The van der Waals surface area contributed by atoms with E-state index in [1.54, 1.807) is 20.8 Å². The van der Waals surface area contributed by atoms with E-state index in [2.05, 4.69) is 5.32 Å². The lowest BCUT2D eigenvalue weighted by molar-refractivity contribution is -0.167. The maximum atomic E-state index is 12.3. The fourth-order valence-corrected chi connectivity index (χ4v) is 3.61. The van der Waals surface area contributed by atoms with Gasteiger partial charge in [-0.05, 0) is 46.7 Å². The molecule has 0 aromatic rings. The smallest absolute Gasteiger partial charge is 0.313 e. The zero-order chi connectivity index (χ0) is 14.0. The van der Waals surface area contributed by atoms with Crippen molar-refractivity contribution in [3.05, 3.63) is 0 Å². The van der Waals surface area contributed by atoms with Crippen LogP contribution in [0.15, 0.2) is 0 Å². The molecule has 0 aliphatic carbocycles. The Balaban J connectivity index is 2.93. The summed E-state index contributed by atoms with van der Waals surface area (Å²) in [6, 6.07) is 0. The zero-order valence-electron chi connectivity index (χ0n) is 11.6. The molecule has 0 radical (unpaired) electrons. The lowest BCUT2D eigenvalue weighted by Gasteiger charge is -2.36. The molecule has 1 rings (SSSR count). The van der Waals surface area contributed by atoms with E-state index in [0.29, 0.717) is 25.9 Å². The van der Waals surface area contributed by atoms with Crippen molar-refractivity contribution in [1.29, 1.82) is 0 Å². The van der Waals surface area contributed by atoms with Gasteiger partial charge in [-0.1, -0.05) is 0 Å². The number of piperidine rings is 1. The van der Waals surface area contributed by atoms with Crippen molar-refractivity contribution in [3.8, 4) is 0 Å². The quantitative estimate of drug-likeness (QED) is 0.770. The van der Waals surface area contributed by atoms with Gasteiger partial charge in [-0.15, -0.1) is 0 Å². The molecule has 0 aromatic heterocycles. The topological polar surface area (TPSA) is 72.5 Å². The van der Waals surface area contributed by atoms with Gasteiger partial charge in [0.1, 0.15) is 15.4 Å². The third-order valence-electron chi connectivity index (χ3n) is 2.93. The van der Waals surface area contributed by atoms with Gasteiger partial charge in [0, 0.05) is 6.26 Å². The van der Waals surface area contributed by atoms with E-state index >= 15 is 0 Å². The molecule has 0 saturated carbocycles. The number of rotatable bonds is 3. The lowest BCUT2D eigenvalue weighted by atomic mass is 9.80. The number of carbonyl (C=O) groups excluding carboxylic acids is 1. The van der Waals surface area contributed by atoms with E-state index < -0.39 is 20.9 Å². The fraction of sp³-hybridized carbons (Fsp3) is 0.917. The Bertz CT molecular complexity index is 402. The molecule has 0 atom stereocenters. The SMILES string of the molecule is CC(C)(C)OC(=O)C1(CS(C)(=O)=O)CCNCC1. The maximum absolute atomic E-state index is 12.3. The second-order valence-electron chi connectivity index (χ2n) is 6.10. The van der Waals surface area contributed by atoms with Crippen LogP contribution in [0.1, 0.15) is 33.6 Å². The molecule has 6 heteroatoms. The number of carbonyl (C=O) groups is 1. The fourth-order valence-electron chi connectivity index (χ4n) is 2.20. The van der Waals surface area contributed by atoms with Crippen LogP contribution < -0.4 is 5.32 Å². The maximum Gasteiger partial charge on any atom is 0.313 e. The third-order valence-corrected chi connectivity index (χ3v) is 4.01. The second kappa shape index (κ2) is 5.17. The number of nitrogens with one attached hydrogen (secondary N) is 1. The van der Waals surface area contributed by atoms with Crippen molar-refractivity contribution in [2.24, 2.45) is 5.41 Å². The van der Waals surface area contributed by atoms with Crippen LogP contribution in [0.25, 0.3) is 0 Å². The van der Waals surface area contributed by atoms with Gasteiger partial charge in [0.05, 0.1) is 11.2 Å². The molecule has 0 spiro atoms. The Hall–Kier alpha value is -0.620. The Labute approximate surface area is 109 Å². The molecule has 1 N–H and O–H groups in total. The average molecular weight is 277 g/mol. The molecular weight excluding hydrogens is 254 g/mol. The molecular formula is C12H23NO4S. The van der Waals surface area contributed by atoms with E-state index in [9.17, 15) is 13.2 Å². The first-order valence-corrected chi connectivity index (χ1v) is 8.22. The molecule has 1 fully saturated rings. The van der Waals surface area contributed by atoms with Gasteiger partial charge in [-0.2, -0.15) is 0 Å². The van der Waals surface area contributed by atoms with Crippen molar-refractivity contribution in [3.63, 3.8) is 0 Å². The van der Waals surface area contributed by atoms with E-state index in [1.807, 2.05) is 0 Å². The van der Waals surface area contributed by atoms with Crippen LogP contribution >= 0.6 is 0 Å². The summed E-state index contributed by atoms with van der Waals surface area (Å²) in [4.78, 5) is 12.3. The molecule has 0 amide bonds. The van der Waals surface area contributed by atoms with E-state index in [4.69, 9.17) is 4.74 Å². The molecule has 106 valence electrons. The summed E-state index contributed by atoms with van der Waals surface area (Å²) in [5, 5.41) is 3.14. The van der Waals surface area contributed by atoms with Crippen LogP contribution in [0.3, 0.4) is 0 Å². The highest BCUT2D eigenvalue weighted by molar-refractivity contribution is 7.90. The van der Waals surface area contributed by atoms with Crippen molar-refractivity contribution in [2.45, 2.75) is 39.2 Å². The van der Waals surface area contributed by atoms with Crippen LogP contribution in [0.5, 0.6) is 0 Å². The van der Waals surface area contributed by atoms with Gasteiger partial charge >= 0.3 is 5.97 Å². The summed E-state index contributed by atoms with van der Waals surface area (Å²) < 4.78 is 28.5. The largest absolute Gasteiger partial charge is 0.460 e. The summed E-state index contributed by atoms with van der Waals surface area (Å²) in [5.41, 5.74) is -1.47. The molecule has 1 aliphatic heterocycles. The molecule has 0 unspecified atom stereocenters. The Morgan fingerprint density at radius 1 is 1.28 bits per heavy atom. The number of sulfone groups is 1. The molecule has 1 heterocycles. The highest BCUT2D eigenvalue weighted by Gasteiger charge is 2.44. The van der Waals surface area contributed by atoms with E-state index in [1.165, 1.54) is 6.26 Å². The van der Waals surface area contributed by atoms with Crippen LogP contribution in [0.4, 0.5) is 0 Å². The minimum absolute atomic E-state index is 0.128. The predicted molar refractivity (Wildman–Crippen MR) is 70.1 cm³/mol. The van der Waals surface area contributed by atoms with Crippen molar-refractivity contribution in [2.75, 3.05) is 25.1 Å².